The Morgan fingerprint density at radius 3 is 2.44 bits per heavy atom. The number of nitrogens with two attached hydrogens (primary N) is 1. The molecule has 0 bridgehead atoms. The number of aliphatic imine (C=N–C) groups is 1. The zero-order chi connectivity index (χ0) is 23.2. The van der Waals surface area contributed by atoms with Crippen molar-refractivity contribution in [3.8, 4) is 0 Å². The van der Waals surface area contributed by atoms with Gasteiger partial charge in [0.1, 0.15) is 12.2 Å². The van der Waals surface area contributed by atoms with Crippen LogP contribution in [0.15, 0.2) is 35.3 Å². The zero-order valence-corrected chi connectivity index (χ0v) is 18.6. The fraction of sp³-hybridized carbons (Fsp3) is 0.364. The van der Waals surface area contributed by atoms with Crippen LogP contribution in [0.4, 0.5) is 4.79 Å². The average Bonchev–Trinajstić information content (AvgIpc) is 3.27. The van der Waals surface area contributed by atoms with Crippen LogP contribution in [0, 0.1) is 20.8 Å². The highest BCUT2D eigenvalue weighted by molar-refractivity contribution is 6.23. The SMILES string of the molecule is Cc1nn(C2=[N+](CCc3ccccc3)C3C(=O)N(CC(N)=O)C(=O)N(C)C3=N2)c(C)c1C. The molecule has 3 heterocycles. The Morgan fingerprint density at radius 2 is 1.84 bits per heavy atom. The smallest absolute Gasteiger partial charge is 0.368 e. The van der Waals surface area contributed by atoms with Crippen LogP contribution in [0.1, 0.15) is 22.5 Å². The number of imide groups is 1. The van der Waals surface area contributed by atoms with E-state index in [1.165, 1.54) is 4.90 Å². The number of carbonyl (C=O) groups is 3. The first kappa shape index (κ1) is 21.4. The monoisotopic (exact) mass is 436 g/mol. The highest BCUT2D eigenvalue weighted by Crippen LogP contribution is 2.22. The van der Waals surface area contributed by atoms with Gasteiger partial charge in [-0.3, -0.25) is 19.4 Å². The van der Waals surface area contributed by atoms with Crippen molar-refractivity contribution in [1.29, 1.82) is 0 Å². The van der Waals surface area contributed by atoms with Crippen LogP contribution >= 0.6 is 0 Å². The standard InChI is InChI=1S/C22H25N7O3/c1-13-14(2)25-29(15(13)3)21-24-19-18(27(21)11-10-16-8-6-5-7-9-16)20(31)28(12-17(23)30)22(32)26(19)4/h5-9,18H,10-12H2,1-4H3,(H-,23,30)/p+1. The molecule has 2 aliphatic rings. The highest BCUT2D eigenvalue weighted by atomic mass is 16.2. The number of hydrogen-bond donors (Lipinski definition) is 1. The van der Waals surface area contributed by atoms with Crippen LogP contribution in [0.2, 0.25) is 0 Å². The second kappa shape index (κ2) is 8.03. The predicted molar refractivity (Wildman–Crippen MR) is 117 cm³/mol. The summed E-state index contributed by atoms with van der Waals surface area (Å²) in [5.74, 6) is -0.489. The molecule has 10 heteroatoms. The van der Waals surface area contributed by atoms with E-state index in [1.54, 1.807) is 11.7 Å². The van der Waals surface area contributed by atoms with E-state index in [0.29, 0.717) is 24.8 Å². The van der Waals surface area contributed by atoms with E-state index in [-0.39, 0.29) is 0 Å². The molecule has 0 saturated carbocycles. The van der Waals surface area contributed by atoms with Gasteiger partial charge in [-0.05, 0) is 26.3 Å². The molecular weight excluding hydrogens is 410 g/mol. The number of urea groups is 1. The van der Waals surface area contributed by atoms with Gasteiger partial charge in [0, 0.05) is 19.0 Å². The molecule has 32 heavy (non-hydrogen) atoms. The number of primary amides is 1. The molecule has 2 N–H and O–H groups in total. The molecule has 1 aromatic carbocycles. The van der Waals surface area contributed by atoms with Crippen LogP contribution in [0.5, 0.6) is 0 Å². The minimum Gasteiger partial charge on any atom is -0.368 e. The van der Waals surface area contributed by atoms with E-state index in [9.17, 15) is 14.4 Å². The fourth-order valence-corrected chi connectivity index (χ4v) is 4.01. The minimum atomic E-state index is -0.847. The van der Waals surface area contributed by atoms with Gasteiger partial charge in [-0.15, -0.1) is 9.78 Å². The maximum Gasteiger partial charge on any atom is 0.421 e. The van der Waals surface area contributed by atoms with Crippen molar-refractivity contribution in [3.63, 3.8) is 0 Å². The van der Waals surface area contributed by atoms with Crippen molar-refractivity contribution in [2.24, 2.45) is 10.7 Å². The third kappa shape index (κ3) is 3.47. The summed E-state index contributed by atoms with van der Waals surface area (Å²) in [6, 6.07) is 8.43. The van der Waals surface area contributed by atoms with E-state index in [0.717, 1.165) is 27.4 Å². The molecule has 2 aliphatic heterocycles. The number of carbonyl (C=O) groups excluding carboxylic acids is 3. The molecule has 0 aliphatic carbocycles. The number of benzene rings is 1. The largest absolute Gasteiger partial charge is 0.421 e. The lowest BCUT2D eigenvalue weighted by molar-refractivity contribution is -0.537. The summed E-state index contributed by atoms with van der Waals surface area (Å²) >= 11 is 0. The zero-order valence-electron chi connectivity index (χ0n) is 18.6. The second-order valence-corrected chi connectivity index (χ2v) is 8.04. The van der Waals surface area contributed by atoms with E-state index in [1.807, 2.05) is 55.7 Å². The molecule has 0 spiro atoms. The van der Waals surface area contributed by atoms with E-state index in [4.69, 9.17) is 5.73 Å². The number of nitrogens with zero attached hydrogens (tertiary/aromatic N) is 6. The summed E-state index contributed by atoms with van der Waals surface area (Å²) in [6.45, 7) is 5.82. The predicted octanol–water partition coefficient (Wildman–Crippen LogP) is 0.428. The molecule has 166 valence electrons. The van der Waals surface area contributed by atoms with Crippen molar-refractivity contribution in [2.75, 3.05) is 20.1 Å². The van der Waals surface area contributed by atoms with Crippen LogP contribution in [-0.2, 0) is 16.0 Å². The molecule has 2 aromatic rings. The molecular formula is C22H26N7O3+. The van der Waals surface area contributed by atoms with Gasteiger partial charge in [-0.1, -0.05) is 35.3 Å². The van der Waals surface area contributed by atoms with Crippen molar-refractivity contribution >= 4 is 29.6 Å². The van der Waals surface area contributed by atoms with E-state index >= 15 is 0 Å². The van der Waals surface area contributed by atoms with Gasteiger partial charge in [0.05, 0.1) is 12.2 Å². The Labute approximate surface area is 185 Å². The maximum absolute atomic E-state index is 13.4. The summed E-state index contributed by atoms with van der Waals surface area (Å²) in [5, 5.41) is 4.62. The lowest BCUT2D eigenvalue weighted by Crippen LogP contribution is -2.64. The number of hydrogen-bond acceptors (Lipinski definition) is 5. The van der Waals surface area contributed by atoms with Crippen molar-refractivity contribution in [3.05, 3.63) is 52.8 Å². The van der Waals surface area contributed by atoms with Crippen molar-refractivity contribution in [2.45, 2.75) is 33.2 Å². The first-order chi connectivity index (χ1) is 15.2. The Bertz CT molecular complexity index is 1180. The van der Waals surface area contributed by atoms with Gasteiger partial charge in [-0.25, -0.2) is 9.37 Å². The van der Waals surface area contributed by atoms with Gasteiger partial charge in [0.15, 0.2) is 0 Å². The Kier molecular flexibility index (Phi) is 5.37. The molecule has 1 unspecified atom stereocenters. The number of aromatic nitrogens is 2. The lowest BCUT2D eigenvalue weighted by atomic mass is 10.1. The summed E-state index contributed by atoms with van der Waals surface area (Å²) in [7, 11) is 1.54. The van der Waals surface area contributed by atoms with Gasteiger partial charge < -0.3 is 5.73 Å². The van der Waals surface area contributed by atoms with Crippen molar-refractivity contribution in [1.82, 2.24) is 19.6 Å². The second-order valence-electron chi connectivity index (χ2n) is 8.04. The number of amides is 4. The fourth-order valence-electron chi connectivity index (χ4n) is 4.01. The van der Waals surface area contributed by atoms with Gasteiger partial charge in [0.25, 0.3) is 5.91 Å². The third-order valence-corrected chi connectivity index (χ3v) is 6.03. The number of likely N-dealkylation sites (N-methyl/N-ethyl adjacent to an activating group) is 1. The highest BCUT2D eigenvalue weighted by Gasteiger charge is 2.53. The molecule has 10 nitrogen and oxygen atoms in total. The molecule has 1 fully saturated rings. The first-order valence-electron chi connectivity index (χ1n) is 10.4. The Morgan fingerprint density at radius 1 is 1.16 bits per heavy atom. The number of amidine groups is 1. The van der Waals surface area contributed by atoms with E-state index in [2.05, 4.69) is 10.1 Å². The van der Waals surface area contributed by atoms with Gasteiger partial charge >= 0.3 is 12.0 Å². The lowest BCUT2D eigenvalue weighted by Gasteiger charge is -2.33. The minimum absolute atomic E-state index is 0.314. The molecule has 1 aromatic heterocycles. The molecule has 1 atom stereocenters. The number of fused-ring (bicyclic) bond motifs is 1. The molecule has 0 radical (unpaired) electrons. The summed E-state index contributed by atoms with van der Waals surface area (Å²) < 4.78 is 3.56. The summed E-state index contributed by atoms with van der Waals surface area (Å²) in [6.07, 6.45) is 0.655. The maximum atomic E-state index is 13.4. The van der Waals surface area contributed by atoms with Crippen LogP contribution in [-0.4, -0.2) is 80.0 Å². The first-order valence-corrected chi connectivity index (χ1v) is 10.4. The quantitative estimate of drug-likeness (QED) is 0.684. The van der Waals surface area contributed by atoms with Crippen LogP contribution < -0.4 is 5.73 Å². The number of rotatable bonds is 5. The normalized spacial score (nSPS) is 18.4. The molecule has 4 amide bonds. The Hall–Kier alpha value is -3.82. The topological polar surface area (TPSA) is 117 Å². The average molecular weight is 436 g/mol. The molecule has 1 saturated heterocycles. The van der Waals surface area contributed by atoms with Gasteiger partial charge in [0.2, 0.25) is 17.8 Å². The van der Waals surface area contributed by atoms with Crippen molar-refractivity contribution < 1.29 is 19.0 Å². The number of aryl methyl sites for hydroxylation is 1. The van der Waals surface area contributed by atoms with Crippen LogP contribution in [0.3, 0.4) is 0 Å². The summed E-state index contributed by atoms with van der Waals surface area (Å²) in [4.78, 5) is 44.5. The Balaban J connectivity index is 1.81. The summed E-state index contributed by atoms with van der Waals surface area (Å²) in [5.41, 5.74) is 9.19. The van der Waals surface area contributed by atoms with Crippen LogP contribution in [0.25, 0.3) is 0 Å². The molecule has 4 rings (SSSR count). The van der Waals surface area contributed by atoms with E-state index < -0.39 is 30.4 Å². The third-order valence-electron chi connectivity index (χ3n) is 6.03. The van der Waals surface area contributed by atoms with Gasteiger partial charge in [-0.2, -0.15) is 0 Å².